The molecule has 22 heavy (non-hydrogen) atoms. The van der Waals surface area contributed by atoms with Crippen LogP contribution in [0.3, 0.4) is 0 Å². The largest absolute Gasteiger partial charge is 0.508 e. The molecule has 0 aliphatic rings. The Bertz CT molecular complexity index is 677. The van der Waals surface area contributed by atoms with Crippen molar-refractivity contribution in [1.29, 1.82) is 5.26 Å². The summed E-state index contributed by atoms with van der Waals surface area (Å²) in [7, 11) is 0. The first kappa shape index (κ1) is 15.3. The van der Waals surface area contributed by atoms with Crippen LogP contribution in [0.1, 0.15) is 22.3 Å². The van der Waals surface area contributed by atoms with Crippen LogP contribution in [0.15, 0.2) is 42.6 Å². The van der Waals surface area contributed by atoms with Gasteiger partial charge < -0.3 is 15.7 Å². The van der Waals surface area contributed by atoms with Gasteiger partial charge in [0.2, 0.25) is 0 Å². The van der Waals surface area contributed by atoms with Crippen molar-refractivity contribution < 1.29 is 9.90 Å². The maximum Gasteiger partial charge on any atom is 0.251 e. The van der Waals surface area contributed by atoms with Crippen molar-refractivity contribution in [3.8, 4) is 11.8 Å². The molecule has 0 radical (unpaired) electrons. The van der Waals surface area contributed by atoms with Crippen molar-refractivity contribution >= 4 is 11.7 Å². The number of phenols is 1. The van der Waals surface area contributed by atoms with E-state index < -0.39 is 0 Å². The van der Waals surface area contributed by atoms with Crippen molar-refractivity contribution in [2.45, 2.75) is 6.42 Å². The fourth-order valence-electron chi connectivity index (χ4n) is 1.82. The van der Waals surface area contributed by atoms with Crippen LogP contribution in [0.4, 0.5) is 5.82 Å². The molecule has 0 bridgehead atoms. The summed E-state index contributed by atoms with van der Waals surface area (Å²) in [6.45, 7) is 1.16. The summed E-state index contributed by atoms with van der Waals surface area (Å²) < 4.78 is 0. The Kier molecular flexibility index (Phi) is 5.32. The number of rotatable bonds is 6. The highest BCUT2D eigenvalue weighted by atomic mass is 16.3. The van der Waals surface area contributed by atoms with Crippen molar-refractivity contribution in [2.75, 3.05) is 18.4 Å². The van der Waals surface area contributed by atoms with Crippen molar-refractivity contribution in [1.82, 2.24) is 10.3 Å². The van der Waals surface area contributed by atoms with E-state index >= 15 is 0 Å². The van der Waals surface area contributed by atoms with Gasteiger partial charge in [0.05, 0.1) is 5.56 Å². The molecule has 0 aliphatic carbocycles. The first-order valence-electron chi connectivity index (χ1n) is 6.86. The molecule has 0 spiro atoms. The topological polar surface area (TPSA) is 98.0 Å². The van der Waals surface area contributed by atoms with Gasteiger partial charge in [-0.25, -0.2) is 4.98 Å². The molecule has 0 fully saturated rings. The molecule has 1 amide bonds. The minimum Gasteiger partial charge on any atom is -0.508 e. The lowest BCUT2D eigenvalue weighted by Crippen LogP contribution is -2.25. The lowest BCUT2D eigenvalue weighted by atomic mass is 10.2. The number of carbonyl (C=O) groups excluding carboxylic acids is 1. The summed E-state index contributed by atoms with van der Waals surface area (Å²) in [4.78, 5) is 15.9. The number of carbonyl (C=O) groups is 1. The predicted octanol–water partition coefficient (Wildman–Crippen LogP) is 1.89. The lowest BCUT2D eigenvalue weighted by molar-refractivity contribution is 0.0953. The Labute approximate surface area is 128 Å². The van der Waals surface area contributed by atoms with Crippen LogP contribution in [-0.2, 0) is 0 Å². The zero-order chi connectivity index (χ0) is 15.8. The Balaban J connectivity index is 1.68. The number of anilines is 1. The van der Waals surface area contributed by atoms with Gasteiger partial charge in [0.25, 0.3) is 5.91 Å². The molecule has 0 saturated carbocycles. The Morgan fingerprint density at radius 1 is 1.27 bits per heavy atom. The van der Waals surface area contributed by atoms with Crippen molar-refractivity contribution in [2.24, 2.45) is 0 Å². The smallest absolute Gasteiger partial charge is 0.251 e. The number of pyridine rings is 1. The van der Waals surface area contributed by atoms with E-state index in [-0.39, 0.29) is 11.7 Å². The molecule has 0 aliphatic heterocycles. The van der Waals surface area contributed by atoms with Crippen LogP contribution in [0.25, 0.3) is 0 Å². The normalized spacial score (nSPS) is 9.77. The quantitative estimate of drug-likeness (QED) is 0.707. The Morgan fingerprint density at radius 3 is 2.82 bits per heavy atom. The third kappa shape index (κ3) is 4.49. The average Bonchev–Trinajstić information content (AvgIpc) is 2.55. The second-order valence-electron chi connectivity index (χ2n) is 4.63. The van der Waals surface area contributed by atoms with Gasteiger partial charge in [0.15, 0.2) is 0 Å². The Hall–Kier alpha value is -3.07. The Morgan fingerprint density at radius 2 is 2.14 bits per heavy atom. The van der Waals surface area contributed by atoms with Crippen molar-refractivity contribution in [3.63, 3.8) is 0 Å². The molecule has 1 heterocycles. The van der Waals surface area contributed by atoms with Gasteiger partial charge in [-0.3, -0.25) is 4.79 Å². The summed E-state index contributed by atoms with van der Waals surface area (Å²) in [6.07, 6.45) is 2.23. The van der Waals surface area contributed by atoms with E-state index in [1.54, 1.807) is 24.3 Å². The summed E-state index contributed by atoms with van der Waals surface area (Å²) in [6, 6.07) is 11.7. The number of nitrogens with zero attached hydrogens (tertiary/aromatic N) is 2. The van der Waals surface area contributed by atoms with Gasteiger partial charge in [0, 0.05) is 24.8 Å². The number of phenolic OH excluding ortho intramolecular Hbond substituents is 1. The second-order valence-corrected chi connectivity index (χ2v) is 4.63. The number of nitrogens with one attached hydrogen (secondary N) is 2. The van der Waals surface area contributed by atoms with E-state index in [0.717, 1.165) is 6.42 Å². The molecule has 0 unspecified atom stereocenters. The fourth-order valence-corrected chi connectivity index (χ4v) is 1.82. The molecular formula is C16H16N4O2. The van der Waals surface area contributed by atoms with Crippen LogP contribution < -0.4 is 10.6 Å². The summed E-state index contributed by atoms with van der Waals surface area (Å²) in [5, 5.41) is 23.9. The van der Waals surface area contributed by atoms with E-state index in [4.69, 9.17) is 5.26 Å². The van der Waals surface area contributed by atoms with E-state index in [1.807, 2.05) is 6.07 Å². The van der Waals surface area contributed by atoms with E-state index in [1.165, 1.54) is 18.3 Å². The van der Waals surface area contributed by atoms with Gasteiger partial charge in [0.1, 0.15) is 17.6 Å². The molecule has 2 aromatic rings. The second kappa shape index (κ2) is 7.64. The molecule has 112 valence electrons. The van der Waals surface area contributed by atoms with Crippen LogP contribution in [-0.4, -0.2) is 29.1 Å². The van der Waals surface area contributed by atoms with Gasteiger partial charge in [-0.2, -0.15) is 5.26 Å². The number of amides is 1. The van der Waals surface area contributed by atoms with Crippen LogP contribution in [0, 0.1) is 11.3 Å². The van der Waals surface area contributed by atoms with Gasteiger partial charge in [-0.05, 0) is 36.8 Å². The average molecular weight is 296 g/mol. The SMILES string of the molecule is N#Cc1ccc(NCCCNC(=O)c2cccc(O)c2)nc1. The number of aromatic nitrogens is 1. The molecule has 3 N–H and O–H groups in total. The van der Waals surface area contributed by atoms with E-state index in [9.17, 15) is 9.90 Å². The zero-order valence-electron chi connectivity index (χ0n) is 11.9. The molecule has 1 aromatic heterocycles. The molecule has 0 atom stereocenters. The monoisotopic (exact) mass is 296 g/mol. The van der Waals surface area contributed by atoms with Gasteiger partial charge in [-0.15, -0.1) is 0 Å². The standard InChI is InChI=1S/C16H16N4O2/c17-10-12-5-6-15(20-11-12)18-7-2-8-19-16(22)13-3-1-4-14(21)9-13/h1,3-6,9,11,21H,2,7-8H2,(H,18,20)(H,19,22). The number of nitriles is 1. The first-order chi connectivity index (χ1) is 10.7. The molecule has 6 nitrogen and oxygen atoms in total. The predicted molar refractivity (Wildman–Crippen MR) is 82.5 cm³/mol. The zero-order valence-corrected chi connectivity index (χ0v) is 11.9. The number of hydrogen-bond donors (Lipinski definition) is 3. The fraction of sp³-hybridized carbons (Fsp3) is 0.188. The number of benzene rings is 1. The lowest BCUT2D eigenvalue weighted by Gasteiger charge is -2.07. The molecule has 6 heteroatoms. The maximum atomic E-state index is 11.8. The highest BCUT2D eigenvalue weighted by Gasteiger charge is 2.04. The van der Waals surface area contributed by atoms with Gasteiger partial charge >= 0.3 is 0 Å². The highest BCUT2D eigenvalue weighted by Crippen LogP contribution is 2.10. The first-order valence-corrected chi connectivity index (χ1v) is 6.86. The van der Waals surface area contributed by atoms with Crippen LogP contribution in [0.5, 0.6) is 5.75 Å². The summed E-state index contributed by atoms with van der Waals surface area (Å²) >= 11 is 0. The molecular weight excluding hydrogens is 280 g/mol. The summed E-state index contributed by atoms with van der Waals surface area (Å²) in [5.74, 6) is 0.548. The minimum atomic E-state index is -0.215. The van der Waals surface area contributed by atoms with Gasteiger partial charge in [-0.1, -0.05) is 6.07 Å². The third-order valence-electron chi connectivity index (χ3n) is 2.95. The van der Waals surface area contributed by atoms with E-state index in [2.05, 4.69) is 15.6 Å². The minimum absolute atomic E-state index is 0.0706. The number of aromatic hydroxyl groups is 1. The third-order valence-corrected chi connectivity index (χ3v) is 2.95. The maximum absolute atomic E-state index is 11.8. The van der Waals surface area contributed by atoms with Crippen LogP contribution >= 0.6 is 0 Å². The molecule has 1 aromatic carbocycles. The number of hydrogen-bond acceptors (Lipinski definition) is 5. The van der Waals surface area contributed by atoms with Crippen LogP contribution in [0.2, 0.25) is 0 Å². The summed E-state index contributed by atoms with van der Waals surface area (Å²) in [5.41, 5.74) is 0.950. The van der Waals surface area contributed by atoms with E-state index in [0.29, 0.717) is 30.0 Å². The highest BCUT2D eigenvalue weighted by molar-refractivity contribution is 5.94. The molecule has 2 rings (SSSR count). The molecule has 0 saturated heterocycles. The van der Waals surface area contributed by atoms with Crippen molar-refractivity contribution in [3.05, 3.63) is 53.7 Å².